The standard InChI is InChI=1S/C25H25F3N2O3/c26-25(27,28)20-3-7-23(8-4-20)33-18-19-11-14-30(24(31)17-19)21-5-9-22(10-6-21)32-16-15-29-12-1-2-13-29/h3-11,14,17H,1-2,12-13,15-16,18H2. The van der Waals surface area contributed by atoms with Crippen LogP contribution in [0.5, 0.6) is 11.5 Å². The molecule has 0 spiro atoms. The molecule has 0 N–H and O–H groups in total. The Kier molecular flexibility index (Phi) is 7.03. The molecule has 8 heteroatoms. The number of nitrogens with zero attached hydrogens (tertiary/aromatic N) is 2. The van der Waals surface area contributed by atoms with E-state index in [0.717, 1.165) is 37.5 Å². The fourth-order valence-corrected chi connectivity index (χ4v) is 3.73. The van der Waals surface area contributed by atoms with Crippen molar-refractivity contribution in [1.29, 1.82) is 0 Å². The number of benzene rings is 2. The van der Waals surface area contributed by atoms with E-state index in [4.69, 9.17) is 9.47 Å². The summed E-state index contributed by atoms with van der Waals surface area (Å²) in [5.41, 5.74) is 0.367. The van der Waals surface area contributed by atoms with Crippen LogP contribution < -0.4 is 15.0 Å². The first-order valence-electron chi connectivity index (χ1n) is 10.9. The van der Waals surface area contributed by atoms with Crippen molar-refractivity contribution in [2.45, 2.75) is 25.6 Å². The van der Waals surface area contributed by atoms with Crippen LogP contribution in [0.15, 0.2) is 71.7 Å². The summed E-state index contributed by atoms with van der Waals surface area (Å²) in [6.07, 6.45) is -0.231. The average Bonchev–Trinajstić information content (AvgIpc) is 3.32. The lowest BCUT2D eigenvalue weighted by Gasteiger charge is -2.15. The van der Waals surface area contributed by atoms with Crippen LogP contribution in [0.1, 0.15) is 24.0 Å². The summed E-state index contributed by atoms with van der Waals surface area (Å²) in [6, 6.07) is 15.0. The second kappa shape index (κ2) is 10.1. The molecule has 1 fully saturated rings. The summed E-state index contributed by atoms with van der Waals surface area (Å²) in [5.74, 6) is 1.06. The first kappa shape index (κ1) is 22.9. The molecule has 5 nitrogen and oxygen atoms in total. The first-order chi connectivity index (χ1) is 15.9. The molecule has 1 aliphatic rings. The zero-order chi connectivity index (χ0) is 23.3. The summed E-state index contributed by atoms with van der Waals surface area (Å²) in [5, 5.41) is 0. The molecule has 0 unspecified atom stereocenters. The van der Waals surface area contributed by atoms with Gasteiger partial charge in [0.25, 0.3) is 5.56 Å². The molecule has 4 rings (SSSR count). The number of hydrogen-bond donors (Lipinski definition) is 0. The molecule has 3 aromatic rings. The fraction of sp³-hybridized carbons (Fsp3) is 0.320. The van der Waals surface area contributed by atoms with Crippen molar-refractivity contribution in [3.63, 3.8) is 0 Å². The monoisotopic (exact) mass is 458 g/mol. The van der Waals surface area contributed by atoms with Gasteiger partial charge in [-0.15, -0.1) is 0 Å². The largest absolute Gasteiger partial charge is 0.492 e. The lowest BCUT2D eigenvalue weighted by atomic mass is 10.2. The van der Waals surface area contributed by atoms with Gasteiger partial charge < -0.3 is 9.47 Å². The Morgan fingerprint density at radius 3 is 2.12 bits per heavy atom. The highest BCUT2D eigenvalue weighted by molar-refractivity contribution is 5.38. The van der Waals surface area contributed by atoms with E-state index in [9.17, 15) is 18.0 Å². The molecule has 1 aliphatic heterocycles. The third kappa shape index (κ3) is 6.16. The smallest absolute Gasteiger partial charge is 0.416 e. The fourth-order valence-electron chi connectivity index (χ4n) is 3.73. The van der Waals surface area contributed by atoms with Gasteiger partial charge in [0, 0.05) is 24.5 Å². The Labute approximate surface area is 190 Å². The molecule has 2 heterocycles. The summed E-state index contributed by atoms with van der Waals surface area (Å²) >= 11 is 0. The van der Waals surface area contributed by atoms with Gasteiger partial charge in [0.1, 0.15) is 24.7 Å². The number of rotatable bonds is 8. The zero-order valence-corrected chi connectivity index (χ0v) is 18.1. The number of aromatic nitrogens is 1. The van der Waals surface area contributed by atoms with Crippen molar-refractivity contribution in [2.75, 3.05) is 26.2 Å². The number of halogens is 3. The maximum absolute atomic E-state index is 12.6. The van der Waals surface area contributed by atoms with Crippen LogP contribution in [0.3, 0.4) is 0 Å². The number of alkyl halides is 3. The number of pyridine rings is 1. The van der Waals surface area contributed by atoms with Gasteiger partial charge in [-0.3, -0.25) is 14.3 Å². The molecule has 174 valence electrons. The Morgan fingerprint density at radius 2 is 1.48 bits per heavy atom. The Bertz CT molecular complexity index is 1100. The highest BCUT2D eigenvalue weighted by Crippen LogP contribution is 2.30. The molecule has 0 amide bonds. The molecular formula is C25H25F3N2O3. The van der Waals surface area contributed by atoms with Crippen molar-refractivity contribution in [3.05, 3.63) is 88.3 Å². The van der Waals surface area contributed by atoms with Crippen molar-refractivity contribution in [1.82, 2.24) is 9.47 Å². The predicted octanol–water partition coefficient (Wildman–Crippen LogP) is 4.91. The number of ether oxygens (including phenoxy) is 2. The van der Waals surface area contributed by atoms with Gasteiger partial charge in [0.05, 0.1) is 5.56 Å². The van der Waals surface area contributed by atoms with E-state index >= 15 is 0 Å². The van der Waals surface area contributed by atoms with Crippen LogP contribution in [0.2, 0.25) is 0 Å². The Morgan fingerprint density at radius 1 is 0.848 bits per heavy atom. The Hall–Kier alpha value is -3.26. The second-order valence-corrected chi connectivity index (χ2v) is 7.95. The summed E-state index contributed by atoms with van der Waals surface area (Å²) in [7, 11) is 0. The van der Waals surface area contributed by atoms with Crippen molar-refractivity contribution < 1.29 is 22.6 Å². The lowest BCUT2D eigenvalue weighted by Crippen LogP contribution is -2.25. The SMILES string of the molecule is O=c1cc(COc2ccc(C(F)(F)F)cc2)ccn1-c1ccc(OCCN2CCCC2)cc1. The van der Waals surface area contributed by atoms with E-state index in [2.05, 4.69) is 4.90 Å². The van der Waals surface area contributed by atoms with Crippen molar-refractivity contribution in [3.8, 4) is 17.2 Å². The molecule has 1 saturated heterocycles. The minimum absolute atomic E-state index is 0.0746. The van der Waals surface area contributed by atoms with Gasteiger partial charge >= 0.3 is 6.18 Å². The van der Waals surface area contributed by atoms with Crippen LogP contribution in [-0.2, 0) is 12.8 Å². The molecular weight excluding hydrogens is 433 g/mol. The molecule has 1 aromatic heterocycles. The number of likely N-dealkylation sites (tertiary alicyclic amines) is 1. The second-order valence-electron chi connectivity index (χ2n) is 7.95. The molecule has 2 aromatic carbocycles. The van der Waals surface area contributed by atoms with E-state index < -0.39 is 11.7 Å². The quantitative estimate of drug-likeness (QED) is 0.481. The third-order valence-corrected chi connectivity index (χ3v) is 5.56. The average molecular weight is 458 g/mol. The molecule has 0 saturated carbocycles. The normalized spacial score (nSPS) is 14.4. The van der Waals surface area contributed by atoms with E-state index in [-0.39, 0.29) is 12.2 Å². The van der Waals surface area contributed by atoms with Crippen LogP contribution in [0, 0.1) is 0 Å². The predicted molar refractivity (Wildman–Crippen MR) is 119 cm³/mol. The van der Waals surface area contributed by atoms with E-state index in [1.54, 1.807) is 12.3 Å². The van der Waals surface area contributed by atoms with Crippen molar-refractivity contribution >= 4 is 0 Å². The van der Waals surface area contributed by atoms with Crippen LogP contribution in [-0.4, -0.2) is 35.7 Å². The van der Waals surface area contributed by atoms with Gasteiger partial charge in [0.15, 0.2) is 0 Å². The van der Waals surface area contributed by atoms with Gasteiger partial charge in [-0.05, 0) is 86.1 Å². The van der Waals surface area contributed by atoms with Crippen molar-refractivity contribution in [2.24, 2.45) is 0 Å². The van der Waals surface area contributed by atoms with Gasteiger partial charge in [0.2, 0.25) is 0 Å². The van der Waals surface area contributed by atoms with Crippen LogP contribution in [0.25, 0.3) is 5.69 Å². The topological polar surface area (TPSA) is 43.7 Å². The molecule has 0 aliphatic carbocycles. The highest BCUT2D eigenvalue weighted by atomic mass is 19.4. The third-order valence-electron chi connectivity index (χ3n) is 5.56. The van der Waals surface area contributed by atoms with Gasteiger partial charge in [-0.1, -0.05) is 0 Å². The molecule has 33 heavy (non-hydrogen) atoms. The lowest BCUT2D eigenvalue weighted by molar-refractivity contribution is -0.137. The first-order valence-corrected chi connectivity index (χ1v) is 10.9. The molecule has 0 radical (unpaired) electrons. The molecule has 0 bridgehead atoms. The Balaban J connectivity index is 1.32. The van der Waals surface area contributed by atoms with E-state index in [1.165, 1.54) is 35.6 Å². The summed E-state index contributed by atoms with van der Waals surface area (Å²) < 4.78 is 50.7. The maximum atomic E-state index is 12.6. The minimum Gasteiger partial charge on any atom is -0.492 e. The zero-order valence-electron chi connectivity index (χ0n) is 18.1. The minimum atomic E-state index is -4.39. The maximum Gasteiger partial charge on any atom is 0.416 e. The van der Waals surface area contributed by atoms with Gasteiger partial charge in [-0.25, -0.2) is 0 Å². The van der Waals surface area contributed by atoms with E-state index in [1.807, 2.05) is 24.3 Å². The van der Waals surface area contributed by atoms with E-state index in [0.29, 0.717) is 23.6 Å². The number of hydrogen-bond acceptors (Lipinski definition) is 4. The van der Waals surface area contributed by atoms with Crippen LogP contribution in [0.4, 0.5) is 13.2 Å². The highest BCUT2D eigenvalue weighted by Gasteiger charge is 2.30. The summed E-state index contributed by atoms with van der Waals surface area (Å²) in [4.78, 5) is 14.9. The van der Waals surface area contributed by atoms with Gasteiger partial charge in [-0.2, -0.15) is 13.2 Å². The summed E-state index contributed by atoms with van der Waals surface area (Å²) in [6.45, 7) is 3.89. The molecule has 0 atom stereocenters. The van der Waals surface area contributed by atoms with Crippen LogP contribution >= 0.6 is 0 Å².